The number of halogens is 3. The Balaban J connectivity index is 1.85. The zero-order valence-electron chi connectivity index (χ0n) is 12.2. The molecule has 122 valence electrons. The lowest BCUT2D eigenvalue weighted by atomic mass is 10.1. The lowest BCUT2D eigenvalue weighted by molar-refractivity contribution is 0.468. The summed E-state index contributed by atoms with van der Waals surface area (Å²) >= 11 is 6.07. The van der Waals surface area contributed by atoms with Crippen LogP contribution < -0.4 is 10.3 Å². The number of nitrogens with one attached hydrogen (secondary N) is 1. The van der Waals surface area contributed by atoms with E-state index in [1.54, 1.807) is 24.3 Å². The van der Waals surface area contributed by atoms with Gasteiger partial charge in [0.1, 0.15) is 23.1 Å². The molecular weight excluding hydrogens is 338 g/mol. The number of nitrogens with zero attached hydrogens (tertiary/aromatic N) is 1. The van der Waals surface area contributed by atoms with E-state index in [-0.39, 0.29) is 17.1 Å². The van der Waals surface area contributed by atoms with Gasteiger partial charge in [0, 0.05) is 30.7 Å². The normalized spacial score (nSPS) is 10.6. The Morgan fingerprint density at radius 2 is 1.79 bits per heavy atom. The second-order valence-corrected chi connectivity index (χ2v) is 5.47. The minimum atomic E-state index is -0.741. The number of benzene rings is 2. The molecule has 0 aliphatic carbocycles. The Morgan fingerprint density at radius 3 is 2.46 bits per heavy atom. The average molecular weight is 349 g/mol. The molecule has 3 rings (SSSR count). The minimum absolute atomic E-state index is 0.00807. The van der Waals surface area contributed by atoms with Crippen molar-refractivity contribution < 1.29 is 13.5 Å². The maximum Gasteiger partial charge on any atom is 0.264 e. The second kappa shape index (κ2) is 6.80. The van der Waals surface area contributed by atoms with Crippen LogP contribution in [0.5, 0.6) is 11.5 Å². The van der Waals surface area contributed by atoms with Crippen LogP contribution in [-0.4, -0.2) is 10.2 Å². The molecule has 0 aliphatic rings. The molecular formula is C17H11ClF2N2O2. The minimum Gasteiger partial charge on any atom is -0.456 e. The van der Waals surface area contributed by atoms with Crippen LogP contribution in [0.15, 0.2) is 53.3 Å². The molecule has 0 fully saturated rings. The molecule has 0 amide bonds. The number of rotatable bonds is 4. The number of aromatic nitrogens is 2. The van der Waals surface area contributed by atoms with Crippen molar-refractivity contribution in [3.63, 3.8) is 0 Å². The zero-order chi connectivity index (χ0) is 17.1. The monoisotopic (exact) mass is 348 g/mol. The topological polar surface area (TPSA) is 55.0 Å². The van der Waals surface area contributed by atoms with Gasteiger partial charge in [-0.3, -0.25) is 4.79 Å². The summed E-state index contributed by atoms with van der Waals surface area (Å²) in [4.78, 5) is 11.0. The van der Waals surface area contributed by atoms with Crippen LogP contribution in [0.2, 0.25) is 5.02 Å². The van der Waals surface area contributed by atoms with Crippen LogP contribution in [0.4, 0.5) is 8.78 Å². The fourth-order valence-electron chi connectivity index (χ4n) is 2.13. The number of aromatic amines is 1. The van der Waals surface area contributed by atoms with E-state index in [0.29, 0.717) is 17.1 Å². The molecule has 0 saturated heterocycles. The first-order chi connectivity index (χ1) is 11.5. The van der Waals surface area contributed by atoms with Crippen molar-refractivity contribution in [1.29, 1.82) is 0 Å². The van der Waals surface area contributed by atoms with E-state index in [1.807, 2.05) is 0 Å². The second-order valence-electron chi connectivity index (χ2n) is 5.06. The molecule has 0 saturated carbocycles. The van der Waals surface area contributed by atoms with E-state index in [1.165, 1.54) is 6.07 Å². The zero-order valence-corrected chi connectivity index (χ0v) is 13.0. The number of H-pyrrole nitrogens is 1. The molecule has 7 heteroatoms. The lowest BCUT2D eigenvalue weighted by Gasteiger charge is -2.10. The van der Waals surface area contributed by atoms with Crippen molar-refractivity contribution in [2.45, 2.75) is 6.42 Å². The van der Waals surface area contributed by atoms with Gasteiger partial charge >= 0.3 is 0 Å². The average Bonchev–Trinajstić information content (AvgIpc) is 2.52. The summed E-state index contributed by atoms with van der Waals surface area (Å²) in [6, 6.07) is 10.9. The fourth-order valence-corrected chi connectivity index (χ4v) is 2.29. The molecule has 1 heterocycles. The first-order valence-corrected chi connectivity index (χ1v) is 7.34. The van der Waals surface area contributed by atoms with E-state index >= 15 is 0 Å². The SMILES string of the molecule is O=c1ccc(Cc2ccc(Cl)c(Oc3cc(F)cc(F)c3)c2)n[nH]1. The van der Waals surface area contributed by atoms with Crippen molar-refractivity contribution in [3.05, 3.63) is 86.8 Å². The van der Waals surface area contributed by atoms with Gasteiger partial charge in [-0.1, -0.05) is 17.7 Å². The van der Waals surface area contributed by atoms with Crippen molar-refractivity contribution in [2.75, 3.05) is 0 Å². The highest BCUT2D eigenvalue weighted by molar-refractivity contribution is 6.32. The van der Waals surface area contributed by atoms with Gasteiger partial charge in [-0.05, 0) is 23.8 Å². The molecule has 24 heavy (non-hydrogen) atoms. The molecule has 3 aromatic rings. The number of hydrogen-bond acceptors (Lipinski definition) is 3. The summed E-state index contributed by atoms with van der Waals surface area (Å²) in [5.74, 6) is -1.21. The molecule has 0 aliphatic heterocycles. The Hall–Kier alpha value is -2.73. The lowest BCUT2D eigenvalue weighted by Crippen LogP contribution is -2.07. The highest BCUT2D eigenvalue weighted by Gasteiger charge is 2.08. The van der Waals surface area contributed by atoms with E-state index in [0.717, 1.165) is 23.8 Å². The molecule has 0 bridgehead atoms. The third kappa shape index (κ3) is 3.97. The fraction of sp³-hybridized carbons (Fsp3) is 0.0588. The van der Waals surface area contributed by atoms with Crippen molar-refractivity contribution in [2.24, 2.45) is 0 Å². The summed E-state index contributed by atoms with van der Waals surface area (Å²) < 4.78 is 32.0. The van der Waals surface area contributed by atoms with Crippen molar-refractivity contribution in [1.82, 2.24) is 10.2 Å². The highest BCUT2D eigenvalue weighted by Crippen LogP contribution is 2.31. The highest BCUT2D eigenvalue weighted by atomic mass is 35.5. The van der Waals surface area contributed by atoms with Gasteiger partial charge in [-0.25, -0.2) is 13.9 Å². The van der Waals surface area contributed by atoms with E-state index in [2.05, 4.69) is 10.2 Å². The van der Waals surface area contributed by atoms with Crippen LogP contribution >= 0.6 is 11.6 Å². The Bertz CT molecular complexity index is 903. The number of ether oxygens (including phenoxy) is 1. The molecule has 4 nitrogen and oxygen atoms in total. The van der Waals surface area contributed by atoms with Crippen molar-refractivity contribution in [3.8, 4) is 11.5 Å². The summed E-state index contributed by atoms with van der Waals surface area (Å²) in [5, 5.41) is 6.58. The molecule has 0 unspecified atom stereocenters. The first kappa shape index (κ1) is 16.1. The quantitative estimate of drug-likeness (QED) is 0.772. The maximum atomic E-state index is 13.2. The van der Waals surface area contributed by atoms with Crippen LogP contribution in [-0.2, 0) is 6.42 Å². The number of hydrogen-bond donors (Lipinski definition) is 1. The smallest absolute Gasteiger partial charge is 0.264 e. The van der Waals surface area contributed by atoms with Gasteiger partial charge in [-0.15, -0.1) is 0 Å². The van der Waals surface area contributed by atoms with Crippen LogP contribution in [0.3, 0.4) is 0 Å². The Kier molecular flexibility index (Phi) is 4.57. The maximum absolute atomic E-state index is 13.2. The van der Waals surface area contributed by atoms with E-state index in [4.69, 9.17) is 16.3 Å². The molecule has 2 aromatic carbocycles. The molecule has 0 atom stereocenters. The summed E-state index contributed by atoms with van der Waals surface area (Å²) in [6.07, 6.45) is 0.432. The summed E-state index contributed by atoms with van der Waals surface area (Å²) in [7, 11) is 0. The molecule has 0 radical (unpaired) electrons. The standard InChI is InChI=1S/C17H11ClF2N2O2/c18-15-3-1-10(5-13-2-4-17(23)22-21-13)6-16(15)24-14-8-11(19)7-12(20)9-14/h1-4,6-9H,5H2,(H,22,23). The van der Waals surface area contributed by atoms with Gasteiger partial charge in [0.05, 0.1) is 10.7 Å². The van der Waals surface area contributed by atoms with Gasteiger partial charge in [-0.2, -0.15) is 5.10 Å². The van der Waals surface area contributed by atoms with Crippen molar-refractivity contribution >= 4 is 11.6 Å². The molecule has 0 spiro atoms. The predicted molar refractivity (Wildman–Crippen MR) is 85.5 cm³/mol. The van der Waals surface area contributed by atoms with E-state index < -0.39 is 11.6 Å². The third-order valence-corrected chi connectivity index (χ3v) is 3.49. The summed E-state index contributed by atoms with van der Waals surface area (Å²) in [5.41, 5.74) is 1.18. The molecule has 1 aromatic heterocycles. The largest absolute Gasteiger partial charge is 0.456 e. The Labute approximate surface area is 140 Å². The van der Waals surface area contributed by atoms with Gasteiger partial charge in [0.25, 0.3) is 5.56 Å². The summed E-state index contributed by atoms with van der Waals surface area (Å²) in [6.45, 7) is 0. The van der Waals surface area contributed by atoms with Crippen LogP contribution in [0.1, 0.15) is 11.3 Å². The first-order valence-electron chi connectivity index (χ1n) is 6.96. The predicted octanol–water partition coefficient (Wildman–Crippen LogP) is 4.08. The van der Waals surface area contributed by atoms with Crippen LogP contribution in [0.25, 0.3) is 0 Å². The Morgan fingerprint density at radius 1 is 1.04 bits per heavy atom. The van der Waals surface area contributed by atoms with Crippen LogP contribution in [0, 0.1) is 11.6 Å². The van der Waals surface area contributed by atoms with E-state index in [9.17, 15) is 13.6 Å². The van der Waals surface area contributed by atoms with Gasteiger partial charge in [0.2, 0.25) is 0 Å². The molecule has 1 N–H and O–H groups in total. The third-order valence-electron chi connectivity index (χ3n) is 3.18. The van der Waals surface area contributed by atoms with Gasteiger partial charge in [0.15, 0.2) is 0 Å². The van der Waals surface area contributed by atoms with Gasteiger partial charge < -0.3 is 4.74 Å².